The molecule has 0 amide bonds. The first-order chi connectivity index (χ1) is 10.7. The fraction of sp³-hybridized carbons (Fsp3) is 0.0625. The molecule has 2 N–H and O–H groups in total. The Morgan fingerprint density at radius 1 is 1.08 bits per heavy atom. The molecule has 0 aliphatic carbocycles. The predicted octanol–water partition coefficient (Wildman–Crippen LogP) is -1.51. The molecule has 0 fully saturated rings. The summed E-state index contributed by atoms with van der Waals surface area (Å²) < 4.78 is 30.8. The van der Waals surface area contributed by atoms with Crippen LogP contribution in [0.4, 0.5) is 0 Å². The van der Waals surface area contributed by atoms with Gasteiger partial charge in [0, 0.05) is 5.56 Å². The first kappa shape index (κ1) is 21.0. The molecule has 120 valence electrons. The van der Waals surface area contributed by atoms with Crippen molar-refractivity contribution in [2.24, 2.45) is 0 Å². The van der Waals surface area contributed by atoms with E-state index in [9.17, 15) is 23.4 Å². The zero-order valence-electron chi connectivity index (χ0n) is 13.1. The smallest absolute Gasteiger partial charge is 0.545 e. The molecule has 6 nitrogen and oxygen atoms in total. The number of carboxylic acids is 1. The monoisotopic (exact) mass is 372 g/mol. The van der Waals surface area contributed by atoms with Crippen LogP contribution >= 0.6 is 0 Å². The van der Waals surface area contributed by atoms with Gasteiger partial charge in [-0.1, -0.05) is 24.3 Å². The second-order valence-electron chi connectivity index (χ2n) is 4.90. The van der Waals surface area contributed by atoms with Crippen molar-refractivity contribution in [3.8, 4) is 5.75 Å². The van der Waals surface area contributed by atoms with Gasteiger partial charge in [-0.05, 0) is 47.9 Å². The molecule has 0 aliphatic rings. The van der Waals surface area contributed by atoms with Crippen LogP contribution in [0.1, 0.15) is 27.0 Å². The van der Waals surface area contributed by atoms with Gasteiger partial charge in [-0.15, -0.1) is 0 Å². The van der Waals surface area contributed by atoms with Gasteiger partial charge < -0.3 is 15.0 Å². The summed E-state index contributed by atoms with van der Waals surface area (Å²) in [4.78, 5) is 10.7. The van der Waals surface area contributed by atoms with Gasteiger partial charge in [0.1, 0.15) is 5.75 Å². The number of hydrogen-bond donors (Lipinski definition) is 2. The van der Waals surface area contributed by atoms with Crippen LogP contribution < -0.4 is 56.5 Å². The number of aryl methyl sites for hydroxylation is 1. The largest absolute Gasteiger partial charge is 1.00 e. The van der Waals surface area contributed by atoms with E-state index in [0.29, 0.717) is 16.7 Å². The SMILES string of the molecule is Cc1cc(C=Cc2ccc(S(=O)(=O)O)cc2)cc(C(=O)[O-])c1O.[K+]. The van der Waals surface area contributed by atoms with Gasteiger partial charge >= 0.3 is 51.4 Å². The number of carbonyl (C=O) groups is 1. The van der Waals surface area contributed by atoms with Crippen LogP contribution in [0.15, 0.2) is 41.3 Å². The zero-order valence-corrected chi connectivity index (χ0v) is 17.0. The number of hydrogen-bond acceptors (Lipinski definition) is 5. The van der Waals surface area contributed by atoms with E-state index in [0.717, 1.165) is 0 Å². The average molecular weight is 372 g/mol. The Labute approximate surface area is 182 Å². The summed E-state index contributed by atoms with van der Waals surface area (Å²) in [6, 6.07) is 8.37. The summed E-state index contributed by atoms with van der Waals surface area (Å²) >= 11 is 0. The van der Waals surface area contributed by atoms with Crippen molar-refractivity contribution in [2.45, 2.75) is 11.8 Å². The Kier molecular flexibility index (Phi) is 7.36. The van der Waals surface area contributed by atoms with Crippen LogP contribution in [0.2, 0.25) is 0 Å². The van der Waals surface area contributed by atoms with Gasteiger partial charge in [-0.3, -0.25) is 4.55 Å². The molecule has 0 heterocycles. The molecule has 24 heavy (non-hydrogen) atoms. The van der Waals surface area contributed by atoms with Gasteiger partial charge in [-0.2, -0.15) is 8.42 Å². The Morgan fingerprint density at radius 3 is 2.12 bits per heavy atom. The van der Waals surface area contributed by atoms with Crippen LogP contribution in [0.3, 0.4) is 0 Å². The third-order valence-electron chi connectivity index (χ3n) is 3.19. The standard InChI is InChI=1S/C16H14O6S.K/c1-10-8-12(9-14(15(10)17)16(18)19)3-2-11-4-6-13(7-5-11)23(20,21)22;/h2-9,17H,1H3,(H,18,19)(H,20,21,22);/q;+1/p-1. The van der Waals surface area contributed by atoms with Crippen LogP contribution in [0.5, 0.6) is 5.75 Å². The molecular formula is C16H13KO6S. The van der Waals surface area contributed by atoms with Crippen LogP contribution in [0, 0.1) is 6.92 Å². The maximum atomic E-state index is 11.0. The summed E-state index contributed by atoms with van der Waals surface area (Å²) in [6.45, 7) is 1.57. The molecule has 0 spiro atoms. The maximum absolute atomic E-state index is 11.0. The van der Waals surface area contributed by atoms with Gasteiger partial charge in [0.05, 0.1) is 10.9 Å². The minimum Gasteiger partial charge on any atom is -0.545 e. The Morgan fingerprint density at radius 2 is 1.62 bits per heavy atom. The Hall–Kier alpha value is -1.00. The van der Waals surface area contributed by atoms with Crippen LogP contribution in [-0.2, 0) is 10.1 Å². The minimum atomic E-state index is -4.24. The maximum Gasteiger partial charge on any atom is 1.00 e. The van der Waals surface area contributed by atoms with Crippen molar-refractivity contribution in [3.05, 3.63) is 58.7 Å². The van der Waals surface area contributed by atoms with E-state index >= 15 is 0 Å². The van der Waals surface area contributed by atoms with E-state index in [4.69, 9.17) is 4.55 Å². The first-order valence-electron chi connectivity index (χ1n) is 6.49. The van der Waals surface area contributed by atoms with Crippen molar-refractivity contribution in [1.29, 1.82) is 0 Å². The summed E-state index contributed by atoms with van der Waals surface area (Å²) in [6.07, 6.45) is 3.25. The third-order valence-corrected chi connectivity index (χ3v) is 4.06. The van der Waals surface area contributed by atoms with Gasteiger partial charge in [-0.25, -0.2) is 0 Å². The summed E-state index contributed by atoms with van der Waals surface area (Å²) in [5.41, 5.74) is 1.29. The minimum absolute atomic E-state index is 0. The number of aromatic hydroxyl groups is 1. The molecule has 8 heteroatoms. The van der Waals surface area contributed by atoms with E-state index in [1.165, 1.54) is 30.3 Å². The zero-order chi connectivity index (χ0) is 17.2. The molecule has 0 radical (unpaired) electrons. The molecule has 0 atom stereocenters. The summed E-state index contributed by atoms with van der Waals surface area (Å²) in [5.74, 6) is -1.81. The van der Waals surface area contributed by atoms with Crippen molar-refractivity contribution < 1.29 is 79.4 Å². The first-order valence-corrected chi connectivity index (χ1v) is 7.93. The quantitative estimate of drug-likeness (QED) is 0.383. The van der Waals surface area contributed by atoms with E-state index in [1.54, 1.807) is 25.1 Å². The molecule has 0 unspecified atom stereocenters. The second-order valence-corrected chi connectivity index (χ2v) is 6.32. The number of rotatable bonds is 4. The number of carbonyl (C=O) groups excluding carboxylic acids is 1. The van der Waals surface area contributed by atoms with Gasteiger partial charge in [0.2, 0.25) is 0 Å². The average Bonchev–Trinajstić information content (AvgIpc) is 2.47. The van der Waals surface area contributed by atoms with E-state index < -0.39 is 16.1 Å². The van der Waals surface area contributed by atoms with Crippen molar-refractivity contribution in [2.75, 3.05) is 0 Å². The topological polar surface area (TPSA) is 115 Å². The van der Waals surface area contributed by atoms with Crippen LogP contribution in [-0.4, -0.2) is 24.0 Å². The fourth-order valence-corrected chi connectivity index (χ4v) is 2.48. The Bertz CT molecular complexity index is 886. The second kappa shape index (κ2) is 8.39. The van der Waals surface area contributed by atoms with Gasteiger partial charge in [0.15, 0.2) is 0 Å². The Balaban J connectivity index is 0.00000288. The van der Waals surface area contributed by atoms with Gasteiger partial charge in [0.25, 0.3) is 10.1 Å². The molecule has 0 aromatic heterocycles. The normalized spacial score (nSPS) is 11.2. The van der Waals surface area contributed by atoms with Crippen molar-refractivity contribution in [3.63, 3.8) is 0 Å². The molecule has 2 aromatic rings. The molecule has 2 rings (SSSR count). The molecule has 0 aliphatic heterocycles. The molecular weight excluding hydrogens is 359 g/mol. The van der Waals surface area contributed by atoms with Crippen molar-refractivity contribution >= 4 is 28.2 Å². The number of phenols is 1. The van der Waals surface area contributed by atoms with E-state index in [1.807, 2.05) is 0 Å². The number of benzene rings is 2. The molecule has 2 aromatic carbocycles. The number of aromatic carboxylic acids is 1. The van der Waals surface area contributed by atoms with Crippen LogP contribution in [0.25, 0.3) is 12.2 Å². The van der Waals surface area contributed by atoms with E-state index in [2.05, 4.69) is 0 Å². The van der Waals surface area contributed by atoms with Crippen molar-refractivity contribution in [1.82, 2.24) is 0 Å². The summed E-state index contributed by atoms with van der Waals surface area (Å²) in [5, 5.41) is 20.6. The molecule has 0 saturated heterocycles. The number of carboxylic acid groups (broad SMARTS) is 1. The molecule has 0 bridgehead atoms. The predicted molar refractivity (Wildman–Crippen MR) is 82.4 cm³/mol. The molecule has 0 saturated carbocycles. The van der Waals surface area contributed by atoms with E-state index in [-0.39, 0.29) is 67.6 Å². The summed E-state index contributed by atoms with van der Waals surface area (Å²) in [7, 11) is -4.24. The fourth-order valence-electron chi connectivity index (χ4n) is 2.00. The third kappa shape index (κ3) is 5.25.